The molecule has 0 spiro atoms. The molecule has 0 radical (unpaired) electrons. The molecule has 2 aromatic carbocycles. The minimum Gasteiger partial charge on any atom is -0.310 e. The minimum absolute atomic E-state index is 0.0334. The number of imide groups is 1. The number of amides is 2. The van der Waals surface area contributed by atoms with Crippen LogP contribution in [0.15, 0.2) is 77.0 Å². The molecular weight excluding hydrogens is 1100 g/mol. The molecule has 0 saturated carbocycles. The first-order valence-electron chi connectivity index (χ1n) is 19.0. The normalized spacial score (nSPS) is 13.3. The molecule has 17 nitrogen and oxygen atoms in total. The van der Waals surface area contributed by atoms with Crippen molar-refractivity contribution in [1.29, 1.82) is 0 Å². The molecular formula is C38H31Cl6F6N11O6S2. The van der Waals surface area contributed by atoms with Gasteiger partial charge in [-0.2, -0.15) is 30.8 Å². The van der Waals surface area contributed by atoms with E-state index in [0.717, 1.165) is 24.3 Å². The van der Waals surface area contributed by atoms with Crippen LogP contribution in [0.25, 0.3) is 23.0 Å². The third-order valence-electron chi connectivity index (χ3n) is 9.02. The predicted octanol–water partition coefficient (Wildman–Crippen LogP) is 11.0. The second kappa shape index (κ2) is 21.5. The number of nitrogens with zero attached hydrogens (tertiary/aromatic N) is 9. The number of anilines is 2. The molecule has 0 atom stereocenters. The van der Waals surface area contributed by atoms with Crippen LogP contribution in [0.4, 0.5) is 37.7 Å². The number of benzene rings is 2. The zero-order valence-electron chi connectivity index (χ0n) is 35.2. The van der Waals surface area contributed by atoms with Crippen LogP contribution in [-0.2, 0) is 42.0 Å². The van der Waals surface area contributed by atoms with Crippen molar-refractivity contribution in [3.63, 3.8) is 0 Å². The van der Waals surface area contributed by atoms with Crippen LogP contribution >= 0.6 is 69.8 Å². The molecule has 5 heterocycles. The maximum atomic E-state index is 13.1. The Morgan fingerprint density at radius 2 is 1.06 bits per heavy atom. The Labute approximate surface area is 418 Å². The quantitative estimate of drug-likeness (QED) is 0.0744. The molecule has 7 rings (SSSR count). The highest BCUT2D eigenvalue weighted by Gasteiger charge is 2.36. The highest BCUT2D eigenvalue weighted by Crippen LogP contribution is 2.39. The lowest BCUT2D eigenvalue weighted by Gasteiger charge is -2.16. The van der Waals surface area contributed by atoms with Crippen LogP contribution in [0.3, 0.4) is 0 Å². The summed E-state index contributed by atoms with van der Waals surface area (Å²) >= 11 is 34.3. The van der Waals surface area contributed by atoms with Gasteiger partial charge in [-0.05, 0) is 87.8 Å². The van der Waals surface area contributed by atoms with Gasteiger partial charge >= 0.3 is 12.4 Å². The molecule has 0 aliphatic carbocycles. The lowest BCUT2D eigenvalue weighted by molar-refractivity contribution is -0.138. The average molecular weight is 1130 g/mol. The average Bonchev–Trinajstić information content (AvgIpc) is 3.96. The topological polar surface area (TPSA) is 217 Å². The number of hydrogen-bond donors (Lipinski definition) is 2. The van der Waals surface area contributed by atoms with Gasteiger partial charge in [0.1, 0.15) is 17.7 Å². The Hall–Kier alpha value is -5.02. The van der Waals surface area contributed by atoms with E-state index >= 15 is 0 Å². The fourth-order valence-corrected chi connectivity index (χ4v) is 9.22. The van der Waals surface area contributed by atoms with Gasteiger partial charge in [-0.1, -0.05) is 46.4 Å². The molecule has 2 amide bonds. The molecule has 6 aromatic rings. The van der Waals surface area contributed by atoms with Crippen molar-refractivity contribution in [3.05, 3.63) is 104 Å². The van der Waals surface area contributed by atoms with Crippen molar-refractivity contribution in [2.45, 2.75) is 74.8 Å². The van der Waals surface area contributed by atoms with E-state index in [2.05, 4.69) is 39.8 Å². The second-order valence-corrected chi connectivity index (χ2v) is 20.3. The van der Waals surface area contributed by atoms with Crippen molar-refractivity contribution >= 4 is 113 Å². The molecule has 370 valence electrons. The Morgan fingerprint density at radius 1 is 0.623 bits per heavy atom. The smallest absolute Gasteiger partial charge is 0.310 e. The van der Waals surface area contributed by atoms with E-state index in [0.29, 0.717) is 16.6 Å². The third kappa shape index (κ3) is 13.2. The SMILES string of the molecule is CC(C)n1c(Cl)nnc1-c1ncc(Cl)cc1NS(=O)(=O)c1ccc(Cl)c(C(F)(F)F)c1.CC(C)n1cnnc1-c1ncc(Cl)cc1NS(=O)(=O)c1ccc(Cl)c(C(F)(F)F)c1.O=C1CCC(=O)N1Cl. The molecule has 0 bridgehead atoms. The summed E-state index contributed by atoms with van der Waals surface area (Å²) in [6.07, 6.45) is -5.13. The van der Waals surface area contributed by atoms with Crippen LogP contribution in [0.1, 0.15) is 63.7 Å². The van der Waals surface area contributed by atoms with Crippen molar-refractivity contribution in [1.82, 2.24) is 43.9 Å². The Bertz CT molecular complexity index is 3120. The van der Waals surface area contributed by atoms with Gasteiger partial charge in [0, 0.05) is 49.1 Å². The number of aromatic nitrogens is 8. The Balaban J connectivity index is 0.000000221. The highest BCUT2D eigenvalue weighted by atomic mass is 35.5. The predicted molar refractivity (Wildman–Crippen MR) is 244 cm³/mol. The van der Waals surface area contributed by atoms with E-state index < -0.39 is 63.4 Å². The maximum Gasteiger partial charge on any atom is 0.417 e. The molecule has 69 heavy (non-hydrogen) atoms. The van der Waals surface area contributed by atoms with E-state index in [1.807, 2.05) is 13.8 Å². The van der Waals surface area contributed by atoms with Crippen molar-refractivity contribution in [3.8, 4) is 23.0 Å². The van der Waals surface area contributed by atoms with Gasteiger partial charge in [0.05, 0.1) is 52.4 Å². The van der Waals surface area contributed by atoms with Crippen molar-refractivity contribution in [2.24, 2.45) is 0 Å². The molecule has 31 heteroatoms. The maximum absolute atomic E-state index is 13.1. The van der Waals surface area contributed by atoms with Crippen LogP contribution in [0.2, 0.25) is 25.4 Å². The van der Waals surface area contributed by atoms with Gasteiger partial charge < -0.3 is 4.57 Å². The summed E-state index contributed by atoms with van der Waals surface area (Å²) in [5.41, 5.74) is -2.60. The highest BCUT2D eigenvalue weighted by molar-refractivity contribution is 7.93. The van der Waals surface area contributed by atoms with Crippen LogP contribution < -0.4 is 9.44 Å². The zero-order chi connectivity index (χ0) is 51.6. The summed E-state index contributed by atoms with van der Waals surface area (Å²) in [5, 5.41) is 14.5. The van der Waals surface area contributed by atoms with E-state index in [1.54, 1.807) is 18.4 Å². The number of carbonyl (C=O) groups excluding carboxylic acids is 2. The monoisotopic (exact) mass is 1120 g/mol. The second-order valence-electron chi connectivity index (χ2n) is 14.6. The first kappa shape index (κ1) is 54.9. The molecule has 1 aliphatic rings. The number of rotatable bonds is 10. The van der Waals surface area contributed by atoms with Crippen molar-refractivity contribution in [2.75, 3.05) is 9.44 Å². The lowest BCUT2D eigenvalue weighted by atomic mass is 10.2. The van der Waals surface area contributed by atoms with E-state index in [9.17, 15) is 52.8 Å². The van der Waals surface area contributed by atoms with Gasteiger partial charge in [-0.3, -0.25) is 23.6 Å². The van der Waals surface area contributed by atoms with Gasteiger partial charge in [0.2, 0.25) is 17.1 Å². The van der Waals surface area contributed by atoms with Gasteiger partial charge in [-0.15, -0.1) is 20.4 Å². The molecule has 1 fully saturated rings. The Kier molecular flexibility index (Phi) is 17.1. The van der Waals surface area contributed by atoms with E-state index in [4.69, 9.17) is 69.8 Å². The Morgan fingerprint density at radius 3 is 1.43 bits per heavy atom. The molecule has 4 aromatic heterocycles. The number of hydrogen-bond acceptors (Lipinski definition) is 12. The summed E-state index contributed by atoms with van der Waals surface area (Å²) in [6.45, 7) is 7.31. The lowest BCUT2D eigenvalue weighted by Crippen LogP contribution is -2.16. The fraction of sp³-hybridized carbons (Fsp3) is 0.263. The molecule has 2 N–H and O–H groups in total. The van der Waals surface area contributed by atoms with Crippen LogP contribution in [0, 0.1) is 0 Å². The molecule has 0 unspecified atom stereocenters. The molecule has 1 saturated heterocycles. The number of alkyl halides is 6. The number of pyridine rings is 2. The summed E-state index contributed by atoms with van der Waals surface area (Å²) in [5.74, 6) is -0.193. The van der Waals surface area contributed by atoms with Crippen molar-refractivity contribution < 1.29 is 52.8 Å². The number of sulfonamides is 2. The number of carbonyl (C=O) groups is 2. The van der Waals surface area contributed by atoms with E-state index in [1.165, 1.54) is 35.4 Å². The van der Waals surface area contributed by atoms with Gasteiger partial charge in [0.15, 0.2) is 11.6 Å². The summed E-state index contributed by atoms with van der Waals surface area (Å²) in [7, 11) is -8.93. The molecule has 1 aliphatic heterocycles. The fourth-order valence-electron chi connectivity index (χ4n) is 5.81. The minimum atomic E-state index is -4.84. The summed E-state index contributed by atoms with van der Waals surface area (Å²) in [6, 6.07) is 6.79. The summed E-state index contributed by atoms with van der Waals surface area (Å²) in [4.78, 5) is 27.7. The van der Waals surface area contributed by atoms with Gasteiger partial charge in [-0.25, -0.2) is 26.8 Å². The summed E-state index contributed by atoms with van der Waals surface area (Å²) < 4.78 is 138. The van der Waals surface area contributed by atoms with Crippen LogP contribution in [0.5, 0.6) is 0 Å². The number of halogens is 12. The van der Waals surface area contributed by atoms with Crippen LogP contribution in [-0.4, -0.2) is 72.6 Å². The first-order valence-corrected chi connectivity index (χ1v) is 24.2. The van der Waals surface area contributed by atoms with Gasteiger partial charge in [0.25, 0.3) is 20.0 Å². The standard InChI is InChI=1S/C17H13Cl3F3N5O2S.C17H14Cl2F3N5O2S.C4H4ClNO2/c1-8(2)28-15(25-26-16(28)20)14-13(5-9(18)7-24-14)27-31(29,30)10-3-4-12(19)11(6-10)17(21,22)23;1-9(2)27-8-24-25-16(27)15-14(5-10(18)7-23-15)26-30(28,29)11-3-4-13(19)12(6-11)17(20,21)22;5-6-3(7)1-2-4(6)8/h3-8,27H,1-2H3;3-9,26H,1-2H3;1-2H2. The van der Waals surface area contributed by atoms with E-state index in [-0.39, 0.29) is 86.5 Å². The largest absolute Gasteiger partial charge is 0.417 e. The zero-order valence-corrected chi connectivity index (χ0v) is 41.4. The number of nitrogens with one attached hydrogen (secondary N) is 2. The first-order chi connectivity index (χ1) is 31.9. The third-order valence-corrected chi connectivity index (χ3v) is 13.5.